The van der Waals surface area contributed by atoms with Gasteiger partial charge in [-0.15, -0.1) is 0 Å². The number of halogens is 1. The molecule has 9 nitrogen and oxygen atoms in total. The lowest BCUT2D eigenvalue weighted by Gasteiger charge is -2.24. The second-order valence-electron chi connectivity index (χ2n) is 8.65. The maximum Gasteiger partial charge on any atom is 0.264 e. The Morgan fingerprint density at radius 2 is 2.05 bits per heavy atom. The molecule has 0 unspecified atom stereocenters. The van der Waals surface area contributed by atoms with Crippen LogP contribution in [0.1, 0.15) is 19.8 Å². The number of likely N-dealkylation sites (tertiary alicyclic amines) is 1. The van der Waals surface area contributed by atoms with E-state index in [1.54, 1.807) is 40.8 Å². The number of nitriles is 1. The molecule has 1 fully saturated rings. The van der Waals surface area contributed by atoms with Gasteiger partial charge in [0.25, 0.3) is 5.91 Å². The molecule has 0 aliphatic carbocycles. The molecule has 37 heavy (non-hydrogen) atoms. The lowest BCUT2D eigenvalue weighted by Crippen LogP contribution is -2.39. The lowest BCUT2D eigenvalue weighted by atomic mass is 10.1. The molecule has 0 saturated carbocycles. The minimum atomic E-state index is -0.535. The Morgan fingerprint density at radius 3 is 2.78 bits per heavy atom. The number of rotatable bonds is 6. The smallest absolute Gasteiger partial charge is 0.264 e. The Bertz CT molecular complexity index is 1540. The van der Waals surface area contributed by atoms with Crippen LogP contribution in [0.4, 0.5) is 10.2 Å². The van der Waals surface area contributed by atoms with Gasteiger partial charge in [-0.1, -0.05) is 24.3 Å². The number of benzene rings is 2. The SMILES string of the molecule is CC=C(C#N)C(=O)N1CCC[C@H]1Cn1nc(-c2ccc(Oc3ccccc3)cc2F)c2c(N)ncnc21. The van der Waals surface area contributed by atoms with Gasteiger partial charge in [-0.3, -0.25) is 4.79 Å². The first-order valence-corrected chi connectivity index (χ1v) is 11.9. The summed E-state index contributed by atoms with van der Waals surface area (Å²) < 4.78 is 22.7. The first-order valence-electron chi connectivity index (χ1n) is 11.9. The second kappa shape index (κ2) is 10.1. The van der Waals surface area contributed by atoms with Crippen LogP contribution in [0.15, 0.2) is 66.5 Å². The number of aromatic nitrogens is 4. The van der Waals surface area contributed by atoms with Crippen LogP contribution >= 0.6 is 0 Å². The van der Waals surface area contributed by atoms with Crippen molar-refractivity contribution in [2.24, 2.45) is 0 Å². The zero-order chi connectivity index (χ0) is 25.9. The van der Waals surface area contributed by atoms with Gasteiger partial charge in [0.2, 0.25) is 0 Å². The van der Waals surface area contributed by atoms with E-state index < -0.39 is 5.82 Å². The number of nitrogens with two attached hydrogens (primary N) is 1. The number of fused-ring (bicyclic) bond motifs is 1. The normalized spacial score (nSPS) is 15.6. The highest BCUT2D eigenvalue weighted by atomic mass is 19.1. The average Bonchev–Trinajstić information content (AvgIpc) is 3.51. The van der Waals surface area contributed by atoms with E-state index in [1.807, 2.05) is 24.3 Å². The summed E-state index contributed by atoms with van der Waals surface area (Å²) in [6.45, 7) is 2.53. The van der Waals surface area contributed by atoms with Crippen molar-refractivity contribution in [2.75, 3.05) is 12.3 Å². The fourth-order valence-electron chi connectivity index (χ4n) is 4.61. The van der Waals surface area contributed by atoms with Crippen molar-refractivity contribution in [3.63, 3.8) is 0 Å². The number of hydrogen-bond donors (Lipinski definition) is 1. The largest absolute Gasteiger partial charge is 0.457 e. The molecule has 0 bridgehead atoms. The van der Waals surface area contributed by atoms with Crippen LogP contribution in [-0.4, -0.2) is 43.1 Å². The van der Waals surface area contributed by atoms with Gasteiger partial charge < -0.3 is 15.4 Å². The number of amides is 1. The van der Waals surface area contributed by atoms with Crippen molar-refractivity contribution < 1.29 is 13.9 Å². The molecule has 3 heterocycles. The quantitative estimate of drug-likeness (QED) is 0.308. The number of carbonyl (C=O) groups excluding carboxylic acids is 1. The van der Waals surface area contributed by atoms with Crippen LogP contribution in [0.3, 0.4) is 0 Å². The third-order valence-corrected chi connectivity index (χ3v) is 6.39. The predicted molar refractivity (Wildman–Crippen MR) is 136 cm³/mol. The maximum atomic E-state index is 15.3. The molecular weight excluding hydrogens is 473 g/mol. The van der Waals surface area contributed by atoms with Crippen LogP contribution in [-0.2, 0) is 11.3 Å². The number of nitrogens with zero attached hydrogens (tertiary/aromatic N) is 6. The van der Waals surface area contributed by atoms with Gasteiger partial charge in [-0.2, -0.15) is 10.4 Å². The van der Waals surface area contributed by atoms with E-state index in [2.05, 4.69) is 15.1 Å². The van der Waals surface area contributed by atoms with E-state index in [9.17, 15) is 10.1 Å². The summed E-state index contributed by atoms with van der Waals surface area (Å²) in [7, 11) is 0. The summed E-state index contributed by atoms with van der Waals surface area (Å²) in [5.41, 5.74) is 7.26. The minimum Gasteiger partial charge on any atom is -0.457 e. The van der Waals surface area contributed by atoms with E-state index in [-0.39, 0.29) is 28.9 Å². The third kappa shape index (κ3) is 4.59. The van der Waals surface area contributed by atoms with Gasteiger partial charge in [-0.25, -0.2) is 19.0 Å². The third-order valence-electron chi connectivity index (χ3n) is 6.39. The van der Waals surface area contributed by atoms with E-state index in [0.717, 1.165) is 12.8 Å². The van der Waals surface area contributed by atoms with Crippen molar-refractivity contribution in [3.05, 3.63) is 72.3 Å². The summed E-state index contributed by atoms with van der Waals surface area (Å²) in [6, 6.07) is 15.4. The van der Waals surface area contributed by atoms with Crippen molar-refractivity contribution in [1.29, 1.82) is 5.26 Å². The number of hydrogen-bond acceptors (Lipinski definition) is 7. The molecule has 2 aromatic heterocycles. The number of ether oxygens (including phenoxy) is 1. The number of para-hydroxylation sites is 1. The van der Waals surface area contributed by atoms with E-state index in [1.165, 1.54) is 18.5 Å². The van der Waals surface area contributed by atoms with Crippen LogP contribution in [0.5, 0.6) is 11.5 Å². The van der Waals surface area contributed by atoms with Gasteiger partial charge >= 0.3 is 0 Å². The molecule has 5 rings (SSSR count). The molecule has 1 amide bonds. The summed E-state index contributed by atoms with van der Waals surface area (Å²) >= 11 is 0. The van der Waals surface area contributed by atoms with Crippen molar-refractivity contribution in [1.82, 2.24) is 24.6 Å². The number of anilines is 1. The monoisotopic (exact) mass is 497 g/mol. The molecule has 2 aromatic carbocycles. The molecule has 10 heteroatoms. The highest BCUT2D eigenvalue weighted by Gasteiger charge is 2.32. The van der Waals surface area contributed by atoms with Crippen LogP contribution in [0.2, 0.25) is 0 Å². The Hall–Kier alpha value is -4.78. The van der Waals surface area contributed by atoms with Crippen LogP contribution in [0.25, 0.3) is 22.3 Å². The highest BCUT2D eigenvalue weighted by Crippen LogP contribution is 2.34. The minimum absolute atomic E-state index is 0.101. The van der Waals surface area contributed by atoms with E-state index in [0.29, 0.717) is 41.3 Å². The molecule has 186 valence electrons. The van der Waals surface area contributed by atoms with Gasteiger partial charge in [0.05, 0.1) is 18.0 Å². The lowest BCUT2D eigenvalue weighted by molar-refractivity contribution is -0.127. The number of nitrogen functional groups attached to an aromatic ring is 1. The number of carbonyl (C=O) groups is 1. The standard InChI is InChI=1S/C27H24FN7O2/c1-2-17(14-29)27(36)34-12-6-7-18(34)15-35-26-23(25(30)31-16-32-26)24(33-35)21-11-10-20(13-22(21)28)37-19-8-4-3-5-9-19/h2-5,8-11,13,16,18H,6-7,12,15H2,1H3,(H2,30,31,32)/t18-/m0/s1. The second-order valence-corrected chi connectivity index (χ2v) is 8.65. The Balaban J connectivity index is 1.50. The Labute approximate surface area is 212 Å². The zero-order valence-electron chi connectivity index (χ0n) is 20.1. The molecule has 2 N–H and O–H groups in total. The van der Waals surface area contributed by atoms with Gasteiger partial charge in [-0.05, 0) is 44.0 Å². The Morgan fingerprint density at radius 1 is 1.24 bits per heavy atom. The van der Waals surface area contributed by atoms with Gasteiger partial charge in [0.1, 0.15) is 46.8 Å². The fourth-order valence-corrected chi connectivity index (χ4v) is 4.61. The van der Waals surface area contributed by atoms with Crippen molar-refractivity contribution >= 4 is 22.8 Å². The topological polar surface area (TPSA) is 123 Å². The predicted octanol–water partition coefficient (Wildman–Crippen LogP) is 4.47. The first-order chi connectivity index (χ1) is 18.0. The van der Waals surface area contributed by atoms with E-state index >= 15 is 4.39 Å². The molecule has 1 aliphatic heterocycles. The van der Waals surface area contributed by atoms with Gasteiger partial charge in [0.15, 0.2) is 5.65 Å². The molecule has 1 saturated heterocycles. The molecular formula is C27H24FN7O2. The average molecular weight is 498 g/mol. The van der Waals surface area contributed by atoms with Crippen LogP contribution in [0, 0.1) is 17.1 Å². The van der Waals surface area contributed by atoms with Crippen molar-refractivity contribution in [2.45, 2.75) is 32.4 Å². The summed E-state index contributed by atoms with van der Waals surface area (Å²) in [4.78, 5) is 23.0. The zero-order valence-corrected chi connectivity index (χ0v) is 20.1. The van der Waals surface area contributed by atoms with Crippen molar-refractivity contribution in [3.8, 4) is 28.8 Å². The Kier molecular flexibility index (Phi) is 6.51. The summed E-state index contributed by atoms with van der Waals surface area (Å²) in [5, 5.41) is 14.4. The molecule has 4 aromatic rings. The fraction of sp³-hybridized carbons (Fsp3) is 0.222. The highest BCUT2D eigenvalue weighted by molar-refractivity contribution is 5.99. The van der Waals surface area contributed by atoms with Crippen LogP contribution < -0.4 is 10.5 Å². The molecule has 1 aliphatic rings. The number of allylic oxidation sites excluding steroid dienone is 1. The maximum absolute atomic E-state index is 15.3. The summed E-state index contributed by atoms with van der Waals surface area (Å²) in [6.07, 6.45) is 4.39. The molecule has 0 spiro atoms. The first kappa shape index (κ1) is 23.9. The molecule has 0 radical (unpaired) electrons. The van der Waals surface area contributed by atoms with Gasteiger partial charge in [0, 0.05) is 18.2 Å². The van der Waals surface area contributed by atoms with E-state index in [4.69, 9.17) is 10.5 Å². The summed E-state index contributed by atoms with van der Waals surface area (Å²) in [5.74, 6) is 0.272. The molecule has 1 atom stereocenters.